The minimum atomic E-state index is -1.44. The molecule has 1 saturated heterocycles. The number of amides is 2. The Hall–Kier alpha value is -3.71. The van der Waals surface area contributed by atoms with Gasteiger partial charge in [-0.3, -0.25) is 19.7 Å². The van der Waals surface area contributed by atoms with E-state index in [0.717, 1.165) is 18.4 Å². The first-order valence-electron chi connectivity index (χ1n) is 12.1. The molecule has 9 nitrogen and oxygen atoms in total. The lowest BCUT2D eigenvalue weighted by molar-refractivity contribution is 0.00694. The Morgan fingerprint density at radius 1 is 1.33 bits per heavy atom. The van der Waals surface area contributed by atoms with Crippen LogP contribution in [0.1, 0.15) is 60.0 Å². The van der Waals surface area contributed by atoms with Crippen molar-refractivity contribution in [3.05, 3.63) is 53.2 Å². The summed E-state index contributed by atoms with van der Waals surface area (Å²) in [6, 6.07) is 10.5. The van der Waals surface area contributed by atoms with Crippen LogP contribution in [0.25, 0.3) is 5.57 Å². The number of methoxy groups -OCH3 is 1. The van der Waals surface area contributed by atoms with E-state index in [4.69, 9.17) is 5.73 Å². The number of allylic oxidation sites excluding steroid dienone is 2. The molecule has 0 radical (unpaired) electrons. The van der Waals surface area contributed by atoms with Gasteiger partial charge < -0.3 is 10.5 Å². The van der Waals surface area contributed by atoms with Crippen molar-refractivity contribution in [1.82, 2.24) is 14.7 Å². The number of primary amides is 1. The summed E-state index contributed by atoms with van der Waals surface area (Å²) in [7, 11) is 1.17. The van der Waals surface area contributed by atoms with Crippen LogP contribution in [0.2, 0.25) is 0 Å². The molecule has 36 heavy (non-hydrogen) atoms. The first kappa shape index (κ1) is 25.4. The number of benzene rings is 1. The zero-order chi connectivity index (χ0) is 25.7. The number of carbonyl (C=O) groups is 2. The van der Waals surface area contributed by atoms with Gasteiger partial charge in [-0.2, -0.15) is 10.4 Å². The minimum Gasteiger partial charge on any atom is -0.453 e. The Balaban J connectivity index is 1.50. The summed E-state index contributed by atoms with van der Waals surface area (Å²) in [5, 5.41) is 16.1. The van der Waals surface area contributed by atoms with E-state index < -0.39 is 23.7 Å². The SMILES string of the molecule is COC(=O)Nc1nn(C2(CC#N)CCN(Cc3ccc(C4=CCCCC4)cc3)CC2F)cc1C(N)=O. The number of rotatable bonds is 7. The van der Waals surface area contributed by atoms with Crippen molar-refractivity contribution in [2.24, 2.45) is 5.73 Å². The molecule has 0 saturated carbocycles. The molecule has 2 aliphatic rings. The van der Waals surface area contributed by atoms with E-state index in [9.17, 15) is 14.9 Å². The van der Waals surface area contributed by atoms with Crippen LogP contribution < -0.4 is 11.1 Å². The summed E-state index contributed by atoms with van der Waals surface area (Å²) in [6.07, 6.45) is 6.19. The number of anilines is 1. The molecule has 2 amide bonds. The molecule has 1 fully saturated rings. The number of likely N-dealkylation sites (tertiary alicyclic amines) is 1. The van der Waals surface area contributed by atoms with Gasteiger partial charge in [0.05, 0.1) is 19.6 Å². The number of carbonyl (C=O) groups excluding carboxylic acids is 2. The maximum absolute atomic E-state index is 15.8. The average Bonchev–Trinajstić information content (AvgIpc) is 3.31. The fourth-order valence-corrected chi connectivity index (χ4v) is 5.02. The zero-order valence-corrected chi connectivity index (χ0v) is 20.4. The zero-order valence-electron chi connectivity index (χ0n) is 20.4. The van der Waals surface area contributed by atoms with E-state index >= 15 is 4.39 Å². The van der Waals surface area contributed by atoms with E-state index in [-0.39, 0.29) is 24.3 Å². The first-order valence-corrected chi connectivity index (χ1v) is 12.1. The molecular formula is C26H31FN6O3. The third-order valence-corrected chi connectivity index (χ3v) is 7.11. The number of nitriles is 1. The van der Waals surface area contributed by atoms with E-state index in [2.05, 4.69) is 51.6 Å². The highest BCUT2D eigenvalue weighted by molar-refractivity contribution is 6.00. The van der Waals surface area contributed by atoms with Gasteiger partial charge >= 0.3 is 6.09 Å². The Kier molecular flexibility index (Phi) is 7.70. The topological polar surface area (TPSA) is 126 Å². The Morgan fingerprint density at radius 3 is 2.72 bits per heavy atom. The quantitative estimate of drug-likeness (QED) is 0.600. The highest BCUT2D eigenvalue weighted by Gasteiger charge is 2.46. The second kappa shape index (κ2) is 10.9. The van der Waals surface area contributed by atoms with Crippen molar-refractivity contribution in [1.29, 1.82) is 5.26 Å². The van der Waals surface area contributed by atoms with Gasteiger partial charge in [0.25, 0.3) is 5.91 Å². The number of aromatic nitrogens is 2. The largest absolute Gasteiger partial charge is 0.453 e. The van der Waals surface area contributed by atoms with E-state index in [0.29, 0.717) is 19.5 Å². The summed E-state index contributed by atoms with van der Waals surface area (Å²) in [5.74, 6) is -0.963. The monoisotopic (exact) mass is 494 g/mol. The molecule has 1 aliphatic carbocycles. The van der Waals surface area contributed by atoms with Crippen LogP contribution in [-0.2, 0) is 16.8 Å². The molecule has 10 heteroatoms. The van der Waals surface area contributed by atoms with Crippen molar-refractivity contribution in [3.63, 3.8) is 0 Å². The normalized spacial score (nSPS) is 22.4. The molecule has 1 aromatic carbocycles. The molecule has 2 unspecified atom stereocenters. The van der Waals surface area contributed by atoms with Crippen LogP contribution in [0.15, 0.2) is 36.5 Å². The van der Waals surface area contributed by atoms with Gasteiger partial charge in [0.2, 0.25) is 0 Å². The van der Waals surface area contributed by atoms with Gasteiger partial charge in [0.1, 0.15) is 17.3 Å². The van der Waals surface area contributed by atoms with Gasteiger partial charge in [0.15, 0.2) is 5.82 Å². The summed E-state index contributed by atoms with van der Waals surface area (Å²) < 4.78 is 21.7. The van der Waals surface area contributed by atoms with E-state index in [1.807, 2.05) is 4.90 Å². The summed E-state index contributed by atoms with van der Waals surface area (Å²) in [5.41, 5.74) is 7.80. The van der Waals surface area contributed by atoms with Crippen LogP contribution in [0.5, 0.6) is 0 Å². The van der Waals surface area contributed by atoms with Gasteiger partial charge in [-0.05, 0) is 48.8 Å². The van der Waals surface area contributed by atoms with E-state index in [1.54, 1.807) is 0 Å². The second-order valence-corrected chi connectivity index (χ2v) is 9.38. The lowest BCUT2D eigenvalue weighted by Crippen LogP contribution is -2.54. The maximum Gasteiger partial charge on any atom is 0.412 e. The van der Waals surface area contributed by atoms with Crippen LogP contribution in [0.4, 0.5) is 15.0 Å². The van der Waals surface area contributed by atoms with Crippen molar-refractivity contribution >= 4 is 23.4 Å². The average molecular weight is 495 g/mol. The number of nitrogens with one attached hydrogen (secondary N) is 1. The predicted octanol–water partition coefficient (Wildman–Crippen LogP) is 3.97. The van der Waals surface area contributed by atoms with Crippen LogP contribution in [0.3, 0.4) is 0 Å². The van der Waals surface area contributed by atoms with Crippen LogP contribution >= 0.6 is 0 Å². The summed E-state index contributed by atoms with van der Waals surface area (Å²) in [6.45, 7) is 1.21. The number of halogens is 1. The third kappa shape index (κ3) is 5.26. The maximum atomic E-state index is 15.8. The minimum absolute atomic E-state index is 0.0829. The summed E-state index contributed by atoms with van der Waals surface area (Å²) in [4.78, 5) is 25.6. The van der Waals surface area contributed by atoms with Crippen molar-refractivity contribution in [3.8, 4) is 6.07 Å². The van der Waals surface area contributed by atoms with Crippen molar-refractivity contribution in [2.45, 2.75) is 56.8 Å². The fraction of sp³-hybridized carbons (Fsp3) is 0.462. The summed E-state index contributed by atoms with van der Waals surface area (Å²) >= 11 is 0. The molecule has 0 spiro atoms. The molecule has 1 aliphatic heterocycles. The second-order valence-electron chi connectivity index (χ2n) is 9.38. The van der Waals surface area contributed by atoms with Crippen LogP contribution in [0, 0.1) is 11.3 Å². The van der Waals surface area contributed by atoms with Gasteiger partial charge in [-0.15, -0.1) is 0 Å². The number of alkyl halides is 1. The lowest BCUT2D eigenvalue weighted by atomic mass is 9.83. The molecule has 190 valence electrons. The van der Waals surface area contributed by atoms with Gasteiger partial charge in [-0.1, -0.05) is 30.3 Å². The highest BCUT2D eigenvalue weighted by atomic mass is 19.1. The number of ether oxygens (including phenoxy) is 1. The Bertz CT molecular complexity index is 1190. The molecule has 2 aromatic rings. The Labute approximate surface area is 209 Å². The smallest absolute Gasteiger partial charge is 0.412 e. The predicted molar refractivity (Wildman–Crippen MR) is 133 cm³/mol. The third-order valence-electron chi connectivity index (χ3n) is 7.11. The van der Waals surface area contributed by atoms with Crippen molar-refractivity contribution in [2.75, 3.05) is 25.5 Å². The standard InChI is InChI=1S/C26H31FN6O3/c1-36-25(35)30-24-21(23(29)34)16-33(31-24)26(11-13-28)12-14-32(17-22(26)27)15-18-7-9-20(10-8-18)19-5-3-2-4-6-19/h5,7-10,16,22H,2-4,6,11-12,14-15,17H2,1H3,(H2,29,34)(H,30,31,35). The molecule has 0 bridgehead atoms. The van der Waals surface area contributed by atoms with Crippen LogP contribution in [-0.4, -0.2) is 53.1 Å². The Morgan fingerprint density at radius 2 is 2.11 bits per heavy atom. The fourth-order valence-electron chi connectivity index (χ4n) is 5.02. The lowest BCUT2D eigenvalue weighted by Gasteiger charge is -2.43. The van der Waals surface area contributed by atoms with Gasteiger partial charge in [-0.25, -0.2) is 9.18 Å². The number of piperidine rings is 1. The van der Waals surface area contributed by atoms with E-state index in [1.165, 1.54) is 42.0 Å². The number of nitrogens with zero attached hydrogens (tertiary/aromatic N) is 4. The molecule has 4 rings (SSSR count). The number of hydrogen-bond acceptors (Lipinski definition) is 6. The highest BCUT2D eigenvalue weighted by Crippen LogP contribution is 2.37. The molecule has 2 heterocycles. The van der Waals surface area contributed by atoms with Gasteiger partial charge in [0, 0.05) is 25.8 Å². The first-order chi connectivity index (χ1) is 17.4. The number of hydrogen-bond donors (Lipinski definition) is 2. The van der Waals surface area contributed by atoms with Crippen molar-refractivity contribution < 1.29 is 18.7 Å². The molecule has 3 N–H and O–H groups in total. The molecule has 2 atom stereocenters. The number of nitrogens with two attached hydrogens (primary N) is 1. The molecular weight excluding hydrogens is 463 g/mol. The molecule has 1 aromatic heterocycles.